The van der Waals surface area contributed by atoms with Crippen molar-refractivity contribution in [2.75, 3.05) is 12.9 Å². The van der Waals surface area contributed by atoms with E-state index in [1.165, 1.54) is 0 Å². The number of hydrogen-bond donors (Lipinski definition) is 0. The van der Waals surface area contributed by atoms with Gasteiger partial charge in [0.05, 0.1) is 12.2 Å². The predicted octanol–water partition coefficient (Wildman–Crippen LogP) is 3.22. The van der Waals surface area contributed by atoms with E-state index in [1.807, 2.05) is 38.3 Å². The van der Waals surface area contributed by atoms with Crippen LogP contribution in [0.15, 0.2) is 29.2 Å². The first-order valence-corrected chi connectivity index (χ1v) is 6.17. The molecule has 15 heavy (non-hydrogen) atoms. The zero-order valence-corrected chi connectivity index (χ0v) is 10.1. The van der Waals surface area contributed by atoms with E-state index in [0.717, 1.165) is 4.90 Å². The molecule has 1 aromatic carbocycles. The van der Waals surface area contributed by atoms with Gasteiger partial charge in [-0.2, -0.15) is 0 Å². The van der Waals surface area contributed by atoms with E-state index in [9.17, 15) is 4.79 Å². The Morgan fingerprint density at radius 1 is 1.47 bits per heavy atom. The van der Waals surface area contributed by atoms with Crippen LogP contribution in [-0.4, -0.2) is 18.8 Å². The summed E-state index contributed by atoms with van der Waals surface area (Å²) < 4.78 is 5.14. The number of rotatable bonds is 4. The van der Waals surface area contributed by atoms with Gasteiger partial charge < -0.3 is 4.74 Å². The maximum absolute atomic E-state index is 11.6. The predicted molar refractivity (Wildman–Crippen MR) is 63.3 cm³/mol. The Bertz CT molecular complexity index is 334. The number of thioether (sulfide) groups is 1. The summed E-state index contributed by atoms with van der Waals surface area (Å²) in [5.41, 5.74) is 0.627. The van der Waals surface area contributed by atoms with E-state index in [1.54, 1.807) is 17.8 Å². The van der Waals surface area contributed by atoms with Crippen LogP contribution in [0.4, 0.5) is 0 Å². The van der Waals surface area contributed by atoms with Crippen molar-refractivity contribution in [1.29, 1.82) is 0 Å². The maximum Gasteiger partial charge on any atom is 0.338 e. The molecular formula is C12H16O2S. The lowest BCUT2D eigenvalue weighted by Crippen LogP contribution is -2.10. The lowest BCUT2D eigenvalue weighted by atomic mass is 10.2. The topological polar surface area (TPSA) is 26.3 Å². The SMILES string of the molecule is CSc1cccc(C(=O)OCC(C)C)c1. The molecule has 0 aliphatic heterocycles. The molecule has 0 N–H and O–H groups in total. The van der Waals surface area contributed by atoms with Gasteiger partial charge in [0.1, 0.15) is 0 Å². The van der Waals surface area contributed by atoms with Crippen LogP contribution >= 0.6 is 11.8 Å². The third kappa shape index (κ3) is 3.96. The van der Waals surface area contributed by atoms with E-state index in [4.69, 9.17) is 4.74 Å². The largest absolute Gasteiger partial charge is 0.462 e. The van der Waals surface area contributed by atoms with Crippen LogP contribution in [0.5, 0.6) is 0 Å². The summed E-state index contributed by atoms with van der Waals surface area (Å²) in [6.45, 7) is 4.51. The van der Waals surface area contributed by atoms with Crippen LogP contribution in [0, 0.1) is 5.92 Å². The minimum atomic E-state index is -0.236. The summed E-state index contributed by atoms with van der Waals surface area (Å²) in [6, 6.07) is 7.48. The van der Waals surface area contributed by atoms with Crippen molar-refractivity contribution in [3.8, 4) is 0 Å². The Labute approximate surface area is 95.0 Å². The lowest BCUT2D eigenvalue weighted by molar-refractivity contribution is 0.0458. The maximum atomic E-state index is 11.6. The highest BCUT2D eigenvalue weighted by atomic mass is 32.2. The minimum absolute atomic E-state index is 0.236. The van der Waals surface area contributed by atoms with Crippen LogP contribution in [0.3, 0.4) is 0 Å². The van der Waals surface area contributed by atoms with Crippen LogP contribution in [-0.2, 0) is 4.74 Å². The second-order valence-electron chi connectivity index (χ2n) is 3.72. The summed E-state index contributed by atoms with van der Waals surface area (Å²) in [7, 11) is 0. The van der Waals surface area contributed by atoms with E-state index >= 15 is 0 Å². The monoisotopic (exact) mass is 224 g/mol. The number of carbonyl (C=O) groups is 1. The summed E-state index contributed by atoms with van der Waals surface area (Å²) in [5.74, 6) is 0.136. The third-order valence-corrected chi connectivity index (χ3v) is 2.58. The van der Waals surface area contributed by atoms with E-state index in [0.29, 0.717) is 18.1 Å². The molecule has 0 bridgehead atoms. The summed E-state index contributed by atoms with van der Waals surface area (Å²) in [6.07, 6.45) is 1.98. The number of carbonyl (C=O) groups excluding carboxylic acids is 1. The molecule has 0 fully saturated rings. The molecule has 0 amide bonds. The van der Waals surface area contributed by atoms with Crippen molar-refractivity contribution in [1.82, 2.24) is 0 Å². The first kappa shape index (κ1) is 12.1. The second-order valence-corrected chi connectivity index (χ2v) is 4.60. The van der Waals surface area contributed by atoms with Crippen LogP contribution in [0.2, 0.25) is 0 Å². The van der Waals surface area contributed by atoms with Gasteiger partial charge in [0.2, 0.25) is 0 Å². The van der Waals surface area contributed by atoms with Gasteiger partial charge in [-0.05, 0) is 30.4 Å². The van der Waals surface area contributed by atoms with Gasteiger partial charge in [-0.25, -0.2) is 4.79 Å². The van der Waals surface area contributed by atoms with Gasteiger partial charge in [0, 0.05) is 4.90 Å². The fraction of sp³-hybridized carbons (Fsp3) is 0.417. The molecule has 0 aliphatic carbocycles. The van der Waals surface area contributed by atoms with Gasteiger partial charge in [0.15, 0.2) is 0 Å². The number of hydrogen-bond acceptors (Lipinski definition) is 3. The molecule has 0 saturated heterocycles. The molecule has 0 radical (unpaired) electrons. The third-order valence-electron chi connectivity index (χ3n) is 1.85. The Morgan fingerprint density at radius 3 is 2.80 bits per heavy atom. The van der Waals surface area contributed by atoms with Crippen molar-refractivity contribution in [3.63, 3.8) is 0 Å². The standard InChI is InChI=1S/C12H16O2S/c1-9(2)8-14-12(13)10-5-4-6-11(7-10)15-3/h4-7,9H,8H2,1-3H3. The van der Waals surface area contributed by atoms with Crippen LogP contribution < -0.4 is 0 Å². The van der Waals surface area contributed by atoms with Crippen molar-refractivity contribution in [3.05, 3.63) is 29.8 Å². The average Bonchev–Trinajstić information content (AvgIpc) is 2.26. The highest BCUT2D eigenvalue weighted by molar-refractivity contribution is 7.98. The lowest BCUT2D eigenvalue weighted by Gasteiger charge is -2.07. The zero-order valence-electron chi connectivity index (χ0n) is 9.32. The minimum Gasteiger partial charge on any atom is -0.462 e. The highest BCUT2D eigenvalue weighted by Crippen LogP contribution is 2.16. The molecule has 0 saturated carbocycles. The van der Waals surface area contributed by atoms with Crippen molar-refractivity contribution in [2.24, 2.45) is 5.92 Å². The van der Waals surface area contributed by atoms with Gasteiger partial charge in [-0.15, -0.1) is 11.8 Å². The molecule has 2 nitrogen and oxygen atoms in total. The smallest absolute Gasteiger partial charge is 0.338 e. The molecule has 0 heterocycles. The Balaban J connectivity index is 2.65. The number of benzene rings is 1. The van der Waals surface area contributed by atoms with Crippen molar-refractivity contribution < 1.29 is 9.53 Å². The summed E-state index contributed by atoms with van der Waals surface area (Å²) in [4.78, 5) is 12.7. The first-order valence-electron chi connectivity index (χ1n) is 4.94. The quantitative estimate of drug-likeness (QED) is 0.580. The van der Waals surface area contributed by atoms with Crippen LogP contribution in [0.25, 0.3) is 0 Å². The van der Waals surface area contributed by atoms with Gasteiger partial charge in [-0.1, -0.05) is 19.9 Å². The molecule has 0 atom stereocenters. The molecule has 82 valence electrons. The number of esters is 1. The molecule has 0 spiro atoms. The Kier molecular flexibility index (Phi) is 4.69. The molecule has 0 unspecified atom stereocenters. The van der Waals surface area contributed by atoms with E-state index < -0.39 is 0 Å². The van der Waals surface area contributed by atoms with Gasteiger partial charge in [0.25, 0.3) is 0 Å². The van der Waals surface area contributed by atoms with Crippen molar-refractivity contribution in [2.45, 2.75) is 18.7 Å². The molecule has 0 aliphatic rings. The van der Waals surface area contributed by atoms with Gasteiger partial charge >= 0.3 is 5.97 Å². The summed E-state index contributed by atoms with van der Waals surface area (Å²) in [5, 5.41) is 0. The zero-order chi connectivity index (χ0) is 11.3. The number of ether oxygens (including phenoxy) is 1. The average molecular weight is 224 g/mol. The van der Waals surface area contributed by atoms with Gasteiger partial charge in [-0.3, -0.25) is 0 Å². The Hall–Kier alpha value is -0.960. The molecule has 1 rings (SSSR count). The summed E-state index contributed by atoms with van der Waals surface area (Å²) >= 11 is 1.62. The van der Waals surface area contributed by atoms with Crippen molar-refractivity contribution >= 4 is 17.7 Å². The van der Waals surface area contributed by atoms with Crippen LogP contribution in [0.1, 0.15) is 24.2 Å². The molecule has 0 aromatic heterocycles. The van der Waals surface area contributed by atoms with E-state index in [2.05, 4.69) is 0 Å². The molecule has 1 aromatic rings. The fourth-order valence-corrected chi connectivity index (χ4v) is 1.54. The molecule has 3 heteroatoms. The second kappa shape index (κ2) is 5.81. The Morgan fingerprint density at radius 2 is 2.20 bits per heavy atom. The fourth-order valence-electron chi connectivity index (χ4n) is 1.08. The highest BCUT2D eigenvalue weighted by Gasteiger charge is 2.08. The normalized spacial score (nSPS) is 10.4. The van der Waals surface area contributed by atoms with E-state index in [-0.39, 0.29) is 5.97 Å². The first-order chi connectivity index (χ1) is 7.13. The molecular weight excluding hydrogens is 208 g/mol.